The zero-order valence-electron chi connectivity index (χ0n) is 18.3. The van der Waals surface area contributed by atoms with Crippen molar-refractivity contribution in [2.75, 3.05) is 64.1 Å². The van der Waals surface area contributed by atoms with Crippen LogP contribution in [0.1, 0.15) is 19.8 Å². The van der Waals surface area contributed by atoms with Crippen molar-refractivity contribution in [1.29, 1.82) is 0 Å². The summed E-state index contributed by atoms with van der Waals surface area (Å²) in [6, 6.07) is 7.74. The molecule has 8 heteroatoms. The van der Waals surface area contributed by atoms with Crippen LogP contribution in [0.3, 0.4) is 0 Å². The van der Waals surface area contributed by atoms with Gasteiger partial charge < -0.3 is 24.4 Å². The SMILES string of the molecule is CCOc1ccccc1N1CC(C(=O)NCC(C2CCOC2)N2CCOCC2)CC1=O. The van der Waals surface area contributed by atoms with Gasteiger partial charge in [-0.25, -0.2) is 0 Å². The van der Waals surface area contributed by atoms with E-state index in [4.69, 9.17) is 14.2 Å². The van der Waals surface area contributed by atoms with Crippen LogP contribution < -0.4 is 15.0 Å². The molecule has 3 saturated heterocycles. The minimum Gasteiger partial charge on any atom is -0.492 e. The van der Waals surface area contributed by atoms with Crippen LogP contribution in [0.2, 0.25) is 0 Å². The maximum Gasteiger partial charge on any atom is 0.227 e. The summed E-state index contributed by atoms with van der Waals surface area (Å²) in [5.41, 5.74) is 0.735. The molecule has 3 atom stereocenters. The maximum absolute atomic E-state index is 13.0. The van der Waals surface area contributed by atoms with E-state index in [9.17, 15) is 9.59 Å². The molecular formula is C23H33N3O5. The number of para-hydroxylation sites is 2. The minimum absolute atomic E-state index is 0.0405. The molecule has 0 radical (unpaired) electrons. The Kier molecular flexibility index (Phi) is 7.42. The molecule has 3 aliphatic rings. The van der Waals surface area contributed by atoms with Gasteiger partial charge in [-0.15, -0.1) is 0 Å². The van der Waals surface area contributed by atoms with Gasteiger partial charge in [0.05, 0.1) is 38.0 Å². The van der Waals surface area contributed by atoms with E-state index in [1.54, 1.807) is 4.90 Å². The van der Waals surface area contributed by atoms with Crippen molar-refractivity contribution < 1.29 is 23.8 Å². The first kappa shape index (κ1) is 22.0. The van der Waals surface area contributed by atoms with Gasteiger partial charge in [0.1, 0.15) is 5.75 Å². The lowest BCUT2D eigenvalue weighted by molar-refractivity contribution is -0.126. The molecule has 0 bridgehead atoms. The number of morpholine rings is 1. The number of rotatable bonds is 8. The van der Waals surface area contributed by atoms with E-state index in [1.807, 2.05) is 31.2 Å². The predicted molar refractivity (Wildman–Crippen MR) is 116 cm³/mol. The van der Waals surface area contributed by atoms with Crippen LogP contribution >= 0.6 is 0 Å². The van der Waals surface area contributed by atoms with Gasteiger partial charge in [-0.2, -0.15) is 0 Å². The molecule has 170 valence electrons. The fourth-order valence-electron chi connectivity index (χ4n) is 4.78. The van der Waals surface area contributed by atoms with Crippen molar-refractivity contribution >= 4 is 17.5 Å². The number of carbonyl (C=O) groups is 2. The molecule has 0 spiro atoms. The van der Waals surface area contributed by atoms with Crippen LogP contribution in [0.5, 0.6) is 5.75 Å². The second kappa shape index (κ2) is 10.4. The first-order chi connectivity index (χ1) is 15.2. The van der Waals surface area contributed by atoms with Crippen molar-refractivity contribution in [2.24, 2.45) is 11.8 Å². The Morgan fingerprint density at radius 1 is 1.23 bits per heavy atom. The molecule has 3 fully saturated rings. The van der Waals surface area contributed by atoms with Gasteiger partial charge in [0.25, 0.3) is 0 Å². The van der Waals surface area contributed by atoms with Crippen molar-refractivity contribution in [1.82, 2.24) is 10.2 Å². The quantitative estimate of drug-likeness (QED) is 0.668. The smallest absolute Gasteiger partial charge is 0.227 e. The monoisotopic (exact) mass is 431 g/mol. The highest BCUT2D eigenvalue weighted by molar-refractivity contribution is 6.01. The fraction of sp³-hybridized carbons (Fsp3) is 0.652. The molecule has 3 aliphatic heterocycles. The number of carbonyl (C=O) groups excluding carboxylic acids is 2. The number of hydrogen-bond acceptors (Lipinski definition) is 6. The number of anilines is 1. The van der Waals surface area contributed by atoms with Crippen LogP contribution in [0.4, 0.5) is 5.69 Å². The van der Waals surface area contributed by atoms with E-state index in [1.165, 1.54) is 0 Å². The summed E-state index contributed by atoms with van der Waals surface area (Å²) in [6.07, 6.45) is 1.24. The zero-order chi connectivity index (χ0) is 21.6. The number of nitrogens with one attached hydrogen (secondary N) is 1. The minimum atomic E-state index is -0.354. The fourth-order valence-corrected chi connectivity index (χ4v) is 4.78. The lowest BCUT2D eigenvalue weighted by Crippen LogP contribution is -2.53. The summed E-state index contributed by atoms with van der Waals surface area (Å²) in [6.45, 7) is 8.12. The Morgan fingerprint density at radius 2 is 2.03 bits per heavy atom. The normalized spacial score (nSPS) is 25.6. The van der Waals surface area contributed by atoms with Gasteiger partial charge in [0, 0.05) is 51.2 Å². The molecule has 1 N–H and O–H groups in total. The van der Waals surface area contributed by atoms with Gasteiger partial charge in [-0.3, -0.25) is 14.5 Å². The number of ether oxygens (including phenoxy) is 3. The summed E-state index contributed by atoms with van der Waals surface area (Å²) >= 11 is 0. The van der Waals surface area contributed by atoms with E-state index < -0.39 is 0 Å². The third-order valence-electron chi connectivity index (χ3n) is 6.46. The molecule has 2 amide bonds. The second-order valence-corrected chi connectivity index (χ2v) is 8.39. The van der Waals surface area contributed by atoms with E-state index in [-0.39, 0.29) is 30.2 Å². The Morgan fingerprint density at radius 3 is 2.77 bits per heavy atom. The van der Waals surface area contributed by atoms with Crippen molar-refractivity contribution in [3.63, 3.8) is 0 Å². The largest absolute Gasteiger partial charge is 0.492 e. The van der Waals surface area contributed by atoms with Gasteiger partial charge in [-0.1, -0.05) is 12.1 Å². The molecule has 8 nitrogen and oxygen atoms in total. The standard InChI is InChI=1S/C23H33N3O5/c1-2-31-21-6-4-3-5-19(21)26-15-18(13-22(26)27)23(28)24-14-20(17-7-10-30-16-17)25-8-11-29-12-9-25/h3-6,17-18,20H,2,7-16H2,1H3,(H,24,28). The molecular weight excluding hydrogens is 398 g/mol. The van der Waals surface area contributed by atoms with E-state index in [0.717, 1.165) is 51.6 Å². The maximum atomic E-state index is 13.0. The molecule has 1 aromatic rings. The summed E-state index contributed by atoms with van der Waals surface area (Å²) in [7, 11) is 0. The van der Waals surface area contributed by atoms with Crippen molar-refractivity contribution in [2.45, 2.75) is 25.8 Å². The first-order valence-corrected chi connectivity index (χ1v) is 11.4. The van der Waals surface area contributed by atoms with Gasteiger partial charge in [0.2, 0.25) is 11.8 Å². The summed E-state index contributed by atoms with van der Waals surface area (Å²) in [5.74, 6) is 0.640. The highest BCUT2D eigenvalue weighted by atomic mass is 16.5. The van der Waals surface area contributed by atoms with Crippen LogP contribution in [0, 0.1) is 11.8 Å². The predicted octanol–water partition coefficient (Wildman–Crippen LogP) is 1.29. The number of amides is 2. The average Bonchev–Trinajstić information content (AvgIpc) is 3.45. The molecule has 3 unspecified atom stereocenters. The Hall–Kier alpha value is -2.16. The topological polar surface area (TPSA) is 80.3 Å². The number of nitrogens with zero attached hydrogens (tertiary/aromatic N) is 2. The highest BCUT2D eigenvalue weighted by Gasteiger charge is 2.37. The molecule has 3 heterocycles. The van der Waals surface area contributed by atoms with E-state index in [0.29, 0.717) is 31.4 Å². The van der Waals surface area contributed by atoms with Crippen molar-refractivity contribution in [3.05, 3.63) is 24.3 Å². The van der Waals surface area contributed by atoms with Gasteiger partial charge in [-0.05, 0) is 25.5 Å². The van der Waals surface area contributed by atoms with Crippen molar-refractivity contribution in [3.8, 4) is 5.75 Å². The summed E-state index contributed by atoms with van der Waals surface area (Å²) in [4.78, 5) is 29.8. The molecule has 0 aromatic heterocycles. The molecule has 0 aliphatic carbocycles. The Labute approximate surface area is 183 Å². The lowest BCUT2D eigenvalue weighted by Gasteiger charge is -2.37. The van der Waals surface area contributed by atoms with Gasteiger partial charge >= 0.3 is 0 Å². The molecule has 4 rings (SSSR count). The number of hydrogen-bond donors (Lipinski definition) is 1. The highest BCUT2D eigenvalue weighted by Crippen LogP contribution is 2.33. The summed E-state index contributed by atoms with van der Waals surface area (Å²) in [5, 5.41) is 3.14. The van der Waals surface area contributed by atoms with Crippen LogP contribution in [0.25, 0.3) is 0 Å². The van der Waals surface area contributed by atoms with Crippen LogP contribution in [-0.4, -0.2) is 82.0 Å². The van der Waals surface area contributed by atoms with E-state index in [2.05, 4.69) is 10.2 Å². The average molecular weight is 432 g/mol. The first-order valence-electron chi connectivity index (χ1n) is 11.4. The van der Waals surface area contributed by atoms with E-state index >= 15 is 0 Å². The lowest BCUT2D eigenvalue weighted by atomic mass is 9.96. The molecule has 0 saturated carbocycles. The Balaban J connectivity index is 1.37. The third kappa shape index (κ3) is 5.19. The van der Waals surface area contributed by atoms with Crippen LogP contribution in [0.15, 0.2) is 24.3 Å². The molecule has 1 aromatic carbocycles. The summed E-state index contributed by atoms with van der Waals surface area (Å²) < 4.78 is 16.8. The van der Waals surface area contributed by atoms with Crippen LogP contribution in [-0.2, 0) is 19.1 Å². The van der Waals surface area contributed by atoms with Gasteiger partial charge in [0.15, 0.2) is 0 Å². The Bertz CT molecular complexity index is 761. The zero-order valence-corrected chi connectivity index (χ0v) is 18.3. The second-order valence-electron chi connectivity index (χ2n) is 8.39. The number of benzene rings is 1. The molecule has 31 heavy (non-hydrogen) atoms. The third-order valence-corrected chi connectivity index (χ3v) is 6.46.